The Morgan fingerprint density at radius 2 is 2.29 bits per heavy atom. The quantitative estimate of drug-likeness (QED) is 0.526. The minimum Gasteiger partial charge on any atom is -0.458 e. The van der Waals surface area contributed by atoms with Crippen molar-refractivity contribution in [1.82, 2.24) is 10.3 Å². The third kappa shape index (κ3) is 5.38. The van der Waals surface area contributed by atoms with Crippen molar-refractivity contribution < 1.29 is 9.21 Å². The van der Waals surface area contributed by atoms with E-state index in [1.807, 2.05) is 17.5 Å². The van der Waals surface area contributed by atoms with Gasteiger partial charge in [-0.2, -0.15) is 0 Å². The molecule has 0 bridgehead atoms. The van der Waals surface area contributed by atoms with Crippen LogP contribution in [0.3, 0.4) is 0 Å². The molecule has 0 saturated heterocycles. The largest absolute Gasteiger partial charge is 0.458 e. The highest BCUT2D eigenvalue weighted by molar-refractivity contribution is 7.14. The van der Waals surface area contributed by atoms with Gasteiger partial charge in [-0.05, 0) is 18.1 Å². The molecule has 1 atom stereocenters. The molecule has 1 unspecified atom stereocenters. The van der Waals surface area contributed by atoms with Crippen LogP contribution in [0.2, 0.25) is 0 Å². The summed E-state index contributed by atoms with van der Waals surface area (Å²) in [7, 11) is 0. The number of aromatic nitrogens is 1. The molecule has 2 rings (SSSR count). The van der Waals surface area contributed by atoms with E-state index in [1.165, 1.54) is 18.3 Å². The maximum atomic E-state index is 10.9. The molecule has 0 aliphatic rings. The summed E-state index contributed by atoms with van der Waals surface area (Å²) < 4.78 is 5.67. The first-order chi connectivity index (χ1) is 11.5. The number of nitrogens with one attached hydrogen (secondary N) is 2. The van der Waals surface area contributed by atoms with Gasteiger partial charge in [0.05, 0.1) is 6.54 Å². The highest BCUT2D eigenvalue weighted by Gasteiger charge is 2.10. The number of anilines is 1. The van der Waals surface area contributed by atoms with Gasteiger partial charge in [0.25, 0.3) is 0 Å². The number of thiazole rings is 1. The zero-order chi connectivity index (χ0) is 17.5. The van der Waals surface area contributed by atoms with Gasteiger partial charge in [-0.15, -0.1) is 11.3 Å². The van der Waals surface area contributed by atoms with E-state index in [9.17, 15) is 4.79 Å². The molecule has 7 nitrogen and oxygen atoms in total. The number of nitrogens with zero attached hydrogens (tertiary/aromatic N) is 2. The summed E-state index contributed by atoms with van der Waals surface area (Å²) in [5.41, 5.74) is 6.58. The Labute approximate surface area is 145 Å². The lowest BCUT2D eigenvalue weighted by Crippen LogP contribution is -2.23. The standard InChI is InChI=1S/C16H23N5O2S/c1-4-10(2)7-19-15(17)21-16-20-13(9-24-16)14-6-5-12(23-14)8-18-11(3)22/h5-6,9-10H,4,7-8H2,1-3H3,(H,18,22)(H3,17,19,20,21). The molecule has 130 valence electrons. The van der Waals surface area contributed by atoms with Gasteiger partial charge in [0.1, 0.15) is 11.5 Å². The highest BCUT2D eigenvalue weighted by atomic mass is 32.1. The lowest BCUT2D eigenvalue weighted by atomic mass is 10.1. The first-order valence-electron chi connectivity index (χ1n) is 7.84. The summed E-state index contributed by atoms with van der Waals surface area (Å²) in [6.07, 6.45) is 1.07. The maximum absolute atomic E-state index is 10.9. The van der Waals surface area contributed by atoms with Crippen LogP contribution < -0.4 is 16.4 Å². The van der Waals surface area contributed by atoms with Gasteiger partial charge in [-0.25, -0.2) is 4.98 Å². The summed E-state index contributed by atoms with van der Waals surface area (Å²) in [6.45, 7) is 6.78. The van der Waals surface area contributed by atoms with E-state index in [2.05, 4.69) is 34.5 Å². The third-order valence-corrected chi connectivity index (χ3v) is 4.19. The Morgan fingerprint density at radius 3 is 3.00 bits per heavy atom. The van der Waals surface area contributed by atoms with Crippen LogP contribution >= 0.6 is 11.3 Å². The van der Waals surface area contributed by atoms with Crippen LogP contribution in [0, 0.1) is 5.92 Å². The zero-order valence-corrected chi connectivity index (χ0v) is 14.9. The minimum atomic E-state index is -0.0970. The smallest absolute Gasteiger partial charge is 0.217 e. The summed E-state index contributed by atoms with van der Waals surface area (Å²) >= 11 is 1.43. The van der Waals surface area contributed by atoms with Crippen molar-refractivity contribution in [1.29, 1.82) is 0 Å². The number of nitrogens with two attached hydrogens (primary N) is 1. The molecule has 0 aliphatic heterocycles. The SMILES string of the molecule is CCC(C)CN=C(N)Nc1nc(-c2ccc(CNC(C)=O)o2)cs1. The van der Waals surface area contributed by atoms with Crippen LogP contribution in [0.5, 0.6) is 0 Å². The number of amides is 1. The number of rotatable bonds is 7. The molecule has 0 radical (unpaired) electrons. The fraction of sp³-hybridized carbons (Fsp3) is 0.438. The Morgan fingerprint density at radius 1 is 1.50 bits per heavy atom. The Bertz CT molecular complexity index is 707. The number of aliphatic imine (C=N–C) groups is 1. The van der Waals surface area contributed by atoms with E-state index in [-0.39, 0.29) is 5.91 Å². The van der Waals surface area contributed by atoms with Crippen molar-refractivity contribution in [2.75, 3.05) is 11.9 Å². The van der Waals surface area contributed by atoms with E-state index >= 15 is 0 Å². The Hall–Kier alpha value is -2.35. The maximum Gasteiger partial charge on any atom is 0.217 e. The van der Waals surface area contributed by atoms with Crippen LogP contribution in [0.25, 0.3) is 11.5 Å². The number of furan rings is 1. The second-order valence-electron chi connectivity index (χ2n) is 5.58. The fourth-order valence-electron chi connectivity index (χ4n) is 1.80. The molecule has 2 heterocycles. The zero-order valence-electron chi connectivity index (χ0n) is 14.1. The van der Waals surface area contributed by atoms with Gasteiger partial charge in [0, 0.05) is 18.8 Å². The molecule has 2 aromatic heterocycles. The van der Waals surface area contributed by atoms with Gasteiger partial charge in [-0.1, -0.05) is 20.3 Å². The van der Waals surface area contributed by atoms with Crippen molar-refractivity contribution in [2.45, 2.75) is 33.7 Å². The second-order valence-corrected chi connectivity index (χ2v) is 6.44. The van der Waals surface area contributed by atoms with E-state index in [4.69, 9.17) is 10.2 Å². The van der Waals surface area contributed by atoms with Crippen LogP contribution in [-0.2, 0) is 11.3 Å². The summed E-state index contributed by atoms with van der Waals surface area (Å²) in [6, 6.07) is 3.65. The minimum absolute atomic E-state index is 0.0970. The predicted octanol–water partition coefficient (Wildman–Crippen LogP) is 2.81. The van der Waals surface area contributed by atoms with E-state index in [1.54, 1.807) is 0 Å². The molecule has 0 fully saturated rings. The van der Waals surface area contributed by atoms with Crippen LogP contribution in [0.1, 0.15) is 33.0 Å². The van der Waals surface area contributed by atoms with Crippen molar-refractivity contribution in [3.63, 3.8) is 0 Å². The number of carbonyl (C=O) groups excluding carboxylic acids is 1. The molecule has 0 aliphatic carbocycles. The molecule has 4 N–H and O–H groups in total. The summed E-state index contributed by atoms with van der Waals surface area (Å²) in [5.74, 6) is 2.09. The first-order valence-corrected chi connectivity index (χ1v) is 8.71. The van der Waals surface area contributed by atoms with E-state index < -0.39 is 0 Å². The second kappa shape index (κ2) is 8.49. The normalized spacial score (nSPS) is 12.9. The molecule has 1 amide bonds. The van der Waals surface area contributed by atoms with Gasteiger partial charge >= 0.3 is 0 Å². The van der Waals surface area contributed by atoms with Gasteiger partial charge < -0.3 is 20.8 Å². The molecule has 2 aromatic rings. The Balaban J connectivity index is 1.96. The molecule has 8 heteroatoms. The monoisotopic (exact) mass is 349 g/mol. The number of hydrogen-bond acceptors (Lipinski definition) is 5. The van der Waals surface area contributed by atoms with Crippen molar-refractivity contribution in [2.24, 2.45) is 16.6 Å². The Kier molecular flexibility index (Phi) is 6.36. The average Bonchev–Trinajstić information content (AvgIpc) is 3.19. The highest BCUT2D eigenvalue weighted by Crippen LogP contribution is 2.26. The molecule has 0 saturated carbocycles. The van der Waals surface area contributed by atoms with Gasteiger partial charge in [0.2, 0.25) is 5.91 Å². The van der Waals surface area contributed by atoms with Crippen LogP contribution in [-0.4, -0.2) is 23.4 Å². The van der Waals surface area contributed by atoms with E-state index in [0.29, 0.717) is 47.3 Å². The van der Waals surface area contributed by atoms with Gasteiger partial charge in [0.15, 0.2) is 16.9 Å². The predicted molar refractivity (Wildman–Crippen MR) is 96.9 cm³/mol. The lowest BCUT2D eigenvalue weighted by Gasteiger charge is -2.05. The topological polar surface area (TPSA) is 106 Å². The van der Waals surface area contributed by atoms with Crippen molar-refractivity contribution in [3.05, 3.63) is 23.3 Å². The van der Waals surface area contributed by atoms with Crippen molar-refractivity contribution in [3.8, 4) is 11.5 Å². The van der Waals surface area contributed by atoms with Crippen LogP contribution in [0.4, 0.5) is 5.13 Å². The molecule has 0 aromatic carbocycles. The first kappa shape index (κ1) is 18.0. The molecule has 24 heavy (non-hydrogen) atoms. The molecular formula is C16H23N5O2S. The number of carbonyl (C=O) groups is 1. The summed E-state index contributed by atoms with van der Waals surface area (Å²) in [4.78, 5) is 19.7. The van der Waals surface area contributed by atoms with Crippen molar-refractivity contribution >= 4 is 28.3 Å². The van der Waals surface area contributed by atoms with E-state index in [0.717, 1.165) is 6.42 Å². The fourth-order valence-corrected chi connectivity index (χ4v) is 2.51. The summed E-state index contributed by atoms with van der Waals surface area (Å²) in [5, 5.41) is 8.23. The lowest BCUT2D eigenvalue weighted by molar-refractivity contribution is -0.119. The molecular weight excluding hydrogens is 326 g/mol. The molecule has 0 spiro atoms. The van der Waals surface area contributed by atoms with Gasteiger partial charge in [-0.3, -0.25) is 9.79 Å². The average molecular weight is 349 g/mol. The number of guanidine groups is 1. The number of hydrogen-bond donors (Lipinski definition) is 3. The third-order valence-electron chi connectivity index (χ3n) is 3.44. The van der Waals surface area contributed by atoms with Crippen LogP contribution in [0.15, 0.2) is 26.9 Å².